The molecule has 0 saturated heterocycles. The average molecular weight is 457 g/mol. The Labute approximate surface area is 194 Å². The van der Waals surface area contributed by atoms with Crippen LogP contribution in [0.5, 0.6) is 11.5 Å². The van der Waals surface area contributed by atoms with Crippen molar-refractivity contribution in [3.8, 4) is 17.6 Å². The number of nitriles is 1. The van der Waals surface area contributed by atoms with E-state index in [1.807, 2.05) is 24.3 Å². The fourth-order valence-corrected chi connectivity index (χ4v) is 4.16. The van der Waals surface area contributed by atoms with Crippen molar-refractivity contribution in [1.29, 1.82) is 5.26 Å². The van der Waals surface area contributed by atoms with Gasteiger partial charge >= 0.3 is 0 Å². The Morgan fingerprint density at radius 3 is 2.13 bits per heavy atom. The van der Waals surface area contributed by atoms with E-state index in [1.165, 1.54) is 0 Å². The first-order valence-electron chi connectivity index (χ1n) is 10.1. The lowest BCUT2D eigenvalue weighted by Gasteiger charge is -2.16. The smallest absolute Gasteiger partial charge is 0.243 e. The molecule has 0 N–H and O–H groups in total. The number of nitrogens with zero attached hydrogens (tertiary/aromatic N) is 2. The molecule has 0 aliphatic rings. The summed E-state index contributed by atoms with van der Waals surface area (Å²) in [4.78, 5) is 3.51. The predicted molar refractivity (Wildman–Crippen MR) is 127 cm³/mol. The molecule has 31 heavy (non-hydrogen) atoms. The van der Waals surface area contributed by atoms with Crippen LogP contribution in [0.2, 0.25) is 10.0 Å². The summed E-state index contributed by atoms with van der Waals surface area (Å²) in [5, 5.41) is 10.1. The van der Waals surface area contributed by atoms with Crippen molar-refractivity contribution in [2.45, 2.75) is 45.6 Å². The maximum atomic E-state index is 9.24. The highest BCUT2D eigenvalue weighted by molar-refractivity contribution is 6.33. The lowest BCUT2D eigenvalue weighted by molar-refractivity contribution is 0.411. The van der Waals surface area contributed by atoms with Crippen molar-refractivity contribution in [1.82, 2.24) is 0 Å². The van der Waals surface area contributed by atoms with Crippen molar-refractivity contribution in [2.75, 3.05) is 14.2 Å². The molecule has 0 atom stereocenters. The number of methoxy groups -OCH3 is 2. The van der Waals surface area contributed by atoms with E-state index in [4.69, 9.17) is 39.2 Å². The summed E-state index contributed by atoms with van der Waals surface area (Å²) in [6, 6.07) is 9.75. The fraction of sp³-hybridized carbons (Fsp3) is 0.360. The molecule has 2 aromatic rings. The van der Waals surface area contributed by atoms with Gasteiger partial charge in [0.2, 0.25) is 6.54 Å². The van der Waals surface area contributed by atoms with E-state index >= 15 is 0 Å². The first-order valence-corrected chi connectivity index (χ1v) is 10.9. The fourth-order valence-electron chi connectivity index (χ4n) is 3.53. The minimum absolute atomic E-state index is 0.170. The van der Waals surface area contributed by atoms with Gasteiger partial charge in [-0.25, -0.2) is 6.57 Å². The first kappa shape index (κ1) is 24.6. The van der Waals surface area contributed by atoms with Gasteiger partial charge < -0.3 is 14.3 Å². The zero-order valence-electron chi connectivity index (χ0n) is 18.1. The monoisotopic (exact) mass is 456 g/mol. The van der Waals surface area contributed by atoms with Crippen LogP contribution in [0, 0.1) is 17.9 Å². The molecule has 0 aliphatic carbocycles. The Kier molecular flexibility index (Phi) is 9.73. The summed E-state index contributed by atoms with van der Waals surface area (Å²) in [5.41, 5.74) is 4.17. The standard InChI is InChI=1S/C25H26Cl2N2O2/c1-5-6-7-8-9-21(18-12-17(10-11-28)24(30-3)22(26)14-18)19-13-20(16-29-2)25(31-4)23(27)15-19/h9,12-15H,5-8,10,16H2,1,3-4H3/b21-9+. The zero-order chi connectivity index (χ0) is 22.8. The third kappa shape index (κ3) is 6.17. The molecule has 0 heterocycles. The molecular formula is C25H26Cl2N2O2. The van der Waals surface area contributed by atoms with E-state index in [1.54, 1.807) is 14.2 Å². The number of halogens is 2. The van der Waals surface area contributed by atoms with E-state index < -0.39 is 0 Å². The molecular weight excluding hydrogens is 431 g/mol. The summed E-state index contributed by atoms with van der Waals surface area (Å²) >= 11 is 13.0. The molecule has 4 nitrogen and oxygen atoms in total. The number of allylic oxidation sites excluding steroid dienone is 1. The largest absolute Gasteiger partial charge is 0.495 e. The number of benzene rings is 2. The van der Waals surface area contributed by atoms with Gasteiger partial charge in [0.1, 0.15) is 11.5 Å². The molecule has 0 amide bonds. The Hall–Kier alpha value is -2.66. The van der Waals surface area contributed by atoms with Crippen LogP contribution in [-0.4, -0.2) is 14.2 Å². The zero-order valence-corrected chi connectivity index (χ0v) is 19.6. The first-order chi connectivity index (χ1) is 15.0. The Bertz CT molecular complexity index is 958. The van der Waals surface area contributed by atoms with E-state index in [0.717, 1.165) is 53.5 Å². The molecule has 6 heteroatoms. The highest BCUT2D eigenvalue weighted by Crippen LogP contribution is 2.38. The third-order valence-corrected chi connectivity index (χ3v) is 5.51. The van der Waals surface area contributed by atoms with Gasteiger partial charge in [-0.3, -0.25) is 0 Å². The van der Waals surface area contributed by atoms with Crippen molar-refractivity contribution < 1.29 is 9.47 Å². The van der Waals surface area contributed by atoms with Crippen LogP contribution in [0.15, 0.2) is 30.3 Å². The van der Waals surface area contributed by atoms with Crippen molar-refractivity contribution in [3.63, 3.8) is 0 Å². The molecule has 0 unspecified atom stereocenters. The van der Waals surface area contributed by atoms with Gasteiger partial charge in [-0.1, -0.05) is 49.0 Å². The van der Waals surface area contributed by atoms with E-state index in [-0.39, 0.29) is 13.0 Å². The molecule has 2 rings (SSSR count). The number of hydrogen-bond donors (Lipinski definition) is 0. The number of unbranched alkanes of at least 4 members (excludes halogenated alkanes) is 3. The normalized spacial score (nSPS) is 11.0. The van der Waals surface area contributed by atoms with Crippen LogP contribution in [0.3, 0.4) is 0 Å². The Balaban J connectivity index is 2.68. The van der Waals surface area contributed by atoms with Crippen LogP contribution in [0.1, 0.15) is 54.9 Å². The number of rotatable bonds is 10. The highest BCUT2D eigenvalue weighted by atomic mass is 35.5. The molecule has 162 valence electrons. The topological polar surface area (TPSA) is 46.6 Å². The summed E-state index contributed by atoms with van der Waals surface area (Å²) in [7, 11) is 3.09. The van der Waals surface area contributed by atoms with Gasteiger partial charge in [0.05, 0.1) is 42.3 Å². The Morgan fingerprint density at radius 2 is 1.61 bits per heavy atom. The molecule has 0 spiro atoms. The van der Waals surface area contributed by atoms with Crippen LogP contribution in [-0.2, 0) is 13.0 Å². The lowest BCUT2D eigenvalue weighted by Crippen LogP contribution is -1.99. The van der Waals surface area contributed by atoms with Gasteiger partial charge in [0.15, 0.2) is 0 Å². The molecule has 0 aromatic heterocycles. The van der Waals surface area contributed by atoms with Crippen LogP contribution < -0.4 is 9.47 Å². The second-order valence-electron chi connectivity index (χ2n) is 7.07. The lowest BCUT2D eigenvalue weighted by atomic mass is 9.92. The molecule has 0 radical (unpaired) electrons. The Morgan fingerprint density at radius 1 is 1.03 bits per heavy atom. The maximum Gasteiger partial charge on any atom is 0.243 e. The van der Waals surface area contributed by atoms with Gasteiger partial charge in [-0.2, -0.15) is 5.26 Å². The minimum Gasteiger partial charge on any atom is -0.495 e. The highest BCUT2D eigenvalue weighted by Gasteiger charge is 2.18. The predicted octanol–water partition coefficient (Wildman–Crippen LogP) is 7.51. The van der Waals surface area contributed by atoms with Crippen LogP contribution in [0.4, 0.5) is 0 Å². The maximum absolute atomic E-state index is 9.24. The minimum atomic E-state index is 0.170. The summed E-state index contributed by atoms with van der Waals surface area (Å²) < 4.78 is 10.8. The van der Waals surface area contributed by atoms with Crippen molar-refractivity contribution >= 4 is 28.8 Å². The second kappa shape index (κ2) is 12.3. The van der Waals surface area contributed by atoms with E-state index in [9.17, 15) is 5.26 Å². The SMILES string of the molecule is [C-]#[N+]Cc1cc(/C(=C/CCCCC)c2cc(Cl)c(OC)c(CC#N)c2)cc(Cl)c1OC. The summed E-state index contributed by atoms with van der Waals surface area (Å²) in [6.45, 7) is 9.62. The molecule has 2 aromatic carbocycles. The van der Waals surface area contributed by atoms with Gasteiger partial charge in [0, 0.05) is 5.56 Å². The molecule has 0 bridgehead atoms. The molecule has 0 saturated carbocycles. The summed E-state index contributed by atoms with van der Waals surface area (Å²) in [5.74, 6) is 1.03. The van der Waals surface area contributed by atoms with Gasteiger partial charge in [0.25, 0.3) is 0 Å². The van der Waals surface area contributed by atoms with Crippen molar-refractivity contribution in [2.24, 2.45) is 0 Å². The molecule has 0 aliphatic heterocycles. The number of hydrogen-bond acceptors (Lipinski definition) is 3. The second-order valence-corrected chi connectivity index (χ2v) is 7.88. The van der Waals surface area contributed by atoms with E-state index in [0.29, 0.717) is 21.5 Å². The molecule has 0 fully saturated rings. The van der Waals surface area contributed by atoms with E-state index in [2.05, 4.69) is 23.9 Å². The van der Waals surface area contributed by atoms with Crippen LogP contribution in [0.25, 0.3) is 10.4 Å². The van der Waals surface area contributed by atoms with Crippen molar-refractivity contribution in [3.05, 3.63) is 74.1 Å². The summed E-state index contributed by atoms with van der Waals surface area (Å²) in [6.07, 6.45) is 6.58. The third-order valence-electron chi connectivity index (χ3n) is 4.95. The number of ether oxygens (including phenoxy) is 2. The van der Waals surface area contributed by atoms with Gasteiger partial charge in [-0.05, 0) is 53.8 Å². The van der Waals surface area contributed by atoms with Gasteiger partial charge in [-0.15, -0.1) is 0 Å². The quantitative estimate of drug-likeness (QED) is 0.274. The van der Waals surface area contributed by atoms with Crippen LogP contribution >= 0.6 is 23.2 Å². The average Bonchev–Trinajstić information content (AvgIpc) is 2.74.